The van der Waals surface area contributed by atoms with Gasteiger partial charge >= 0.3 is 0 Å². The van der Waals surface area contributed by atoms with Crippen molar-refractivity contribution in [1.29, 1.82) is 0 Å². The lowest BCUT2D eigenvalue weighted by atomic mass is 10.2. The third-order valence-electron chi connectivity index (χ3n) is 5.21. The van der Waals surface area contributed by atoms with E-state index in [-0.39, 0.29) is 11.8 Å². The first-order valence-electron chi connectivity index (χ1n) is 10.2. The second-order valence-electron chi connectivity index (χ2n) is 7.20. The number of imidazole rings is 1. The monoisotopic (exact) mass is 370 g/mol. The summed E-state index contributed by atoms with van der Waals surface area (Å²) in [7, 11) is 0. The topological polar surface area (TPSA) is 67.2 Å². The zero-order valence-electron chi connectivity index (χ0n) is 16.2. The van der Waals surface area contributed by atoms with Gasteiger partial charge in [-0.15, -0.1) is 0 Å². The molecule has 1 saturated heterocycles. The molecule has 0 bridgehead atoms. The number of amides is 2. The van der Waals surface area contributed by atoms with E-state index in [4.69, 9.17) is 4.98 Å². The fourth-order valence-electron chi connectivity index (χ4n) is 3.65. The number of aromatic nitrogens is 2. The van der Waals surface area contributed by atoms with E-state index in [1.54, 1.807) is 0 Å². The molecule has 1 fully saturated rings. The molecule has 2 aromatic rings. The van der Waals surface area contributed by atoms with Crippen LogP contribution in [0.5, 0.6) is 0 Å². The second-order valence-corrected chi connectivity index (χ2v) is 7.20. The van der Waals surface area contributed by atoms with Crippen LogP contribution in [-0.2, 0) is 22.6 Å². The van der Waals surface area contributed by atoms with Gasteiger partial charge in [0.1, 0.15) is 12.4 Å². The third-order valence-corrected chi connectivity index (χ3v) is 5.21. The number of para-hydroxylation sites is 2. The average Bonchev–Trinajstić information content (AvgIpc) is 2.86. The van der Waals surface area contributed by atoms with Crippen LogP contribution in [0, 0.1) is 0 Å². The molecule has 1 aliphatic rings. The van der Waals surface area contributed by atoms with Gasteiger partial charge < -0.3 is 14.8 Å². The van der Waals surface area contributed by atoms with Crippen LogP contribution in [0.25, 0.3) is 11.0 Å². The van der Waals surface area contributed by atoms with E-state index in [0.29, 0.717) is 19.5 Å². The number of rotatable bonds is 7. The van der Waals surface area contributed by atoms with Gasteiger partial charge in [0.05, 0.1) is 11.0 Å². The predicted octanol–water partition coefficient (Wildman–Crippen LogP) is 2.90. The van der Waals surface area contributed by atoms with Crippen LogP contribution < -0.4 is 5.32 Å². The van der Waals surface area contributed by atoms with E-state index < -0.39 is 0 Å². The molecule has 0 unspecified atom stereocenters. The molecular weight excluding hydrogens is 340 g/mol. The number of aryl methyl sites for hydroxylation is 1. The number of fused-ring (bicyclic) bond motifs is 1. The van der Waals surface area contributed by atoms with Gasteiger partial charge in [-0.1, -0.05) is 31.9 Å². The van der Waals surface area contributed by atoms with E-state index in [1.165, 1.54) is 12.8 Å². The standard InChI is InChI=1S/C21H30N4O2/c1-2-20(26)22-13-9-12-19-23-17-10-5-6-11-18(17)25(19)16-21(27)24-14-7-3-4-8-15-24/h5-6,10-11H,2-4,7-9,12-16H2,1H3,(H,22,26). The third kappa shape index (κ3) is 5.08. The fourth-order valence-corrected chi connectivity index (χ4v) is 3.65. The molecule has 2 heterocycles. The number of likely N-dealkylation sites (tertiary alicyclic amines) is 1. The normalized spacial score (nSPS) is 14.9. The quantitative estimate of drug-likeness (QED) is 0.762. The first kappa shape index (κ1) is 19.4. The summed E-state index contributed by atoms with van der Waals surface area (Å²) in [5.74, 6) is 1.17. The SMILES string of the molecule is CCC(=O)NCCCc1nc2ccccc2n1CC(=O)N1CCCCCC1. The molecule has 6 nitrogen and oxygen atoms in total. The Bertz CT molecular complexity index is 776. The van der Waals surface area contributed by atoms with Gasteiger partial charge in [0.25, 0.3) is 0 Å². The van der Waals surface area contributed by atoms with Crippen LogP contribution in [0.1, 0.15) is 51.3 Å². The molecular formula is C21H30N4O2. The Balaban J connectivity index is 1.71. The molecule has 0 spiro atoms. The molecule has 146 valence electrons. The molecule has 3 rings (SSSR count). The van der Waals surface area contributed by atoms with E-state index in [9.17, 15) is 9.59 Å². The van der Waals surface area contributed by atoms with Crippen molar-refractivity contribution in [1.82, 2.24) is 19.8 Å². The van der Waals surface area contributed by atoms with Gasteiger partial charge in [-0.25, -0.2) is 4.98 Å². The van der Waals surface area contributed by atoms with Gasteiger partial charge in [-0.05, 0) is 31.4 Å². The summed E-state index contributed by atoms with van der Waals surface area (Å²) in [4.78, 5) is 31.0. The summed E-state index contributed by atoms with van der Waals surface area (Å²) in [6.07, 6.45) is 6.68. The summed E-state index contributed by atoms with van der Waals surface area (Å²) in [5.41, 5.74) is 1.93. The van der Waals surface area contributed by atoms with Crippen molar-refractivity contribution in [2.24, 2.45) is 0 Å². The van der Waals surface area contributed by atoms with Gasteiger partial charge in [0.2, 0.25) is 11.8 Å². The Morgan fingerprint density at radius 3 is 2.59 bits per heavy atom. The Morgan fingerprint density at radius 1 is 1.11 bits per heavy atom. The van der Waals surface area contributed by atoms with Crippen LogP contribution >= 0.6 is 0 Å². The Kier molecular flexibility index (Phi) is 6.85. The zero-order chi connectivity index (χ0) is 19.1. The molecule has 0 atom stereocenters. The van der Waals surface area contributed by atoms with Crippen LogP contribution in [0.4, 0.5) is 0 Å². The van der Waals surface area contributed by atoms with Crippen LogP contribution in [0.3, 0.4) is 0 Å². The van der Waals surface area contributed by atoms with Crippen molar-refractivity contribution < 1.29 is 9.59 Å². The first-order chi connectivity index (χ1) is 13.2. The maximum absolute atomic E-state index is 12.9. The Labute approximate surface area is 160 Å². The molecule has 2 amide bonds. The predicted molar refractivity (Wildman–Crippen MR) is 106 cm³/mol. The highest BCUT2D eigenvalue weighted by Gasteiger charge is 2.19. The lowest BCUT2D eigenvalue weighted by molar-refractivity contribution is -0.131. The maximum Gasteiger partial charge on any atom is 0.242 e. The summed E-state index contributed by atoms with van der Waals surface area (Å²) in [6, 6.07) is 7.98. The molecule has 1 aliphatic heterocycles. The Hall–Kier alpha value is -2.37. The van der Waals surface area contributed by atoms with Gasteiger partial charge in [-0.3, -0.25) is 9.59 Å². The number of hydrogen-bond acceptors (Lipinski definition) is 3. The zero-order valence-corrected chi connectivity index (χ0v) is 16.2. The van der Waals surface area contributed by atoms with Gasteiger partial charge in [-0.2, -0.15) is 0 Å². The van der Waals surface area contributed by atoms with Crippen molar-refractivity contribution in [3.63, 3.8) is 0 Å². The average molecular weight is 370 g/mol. The second kappa shape index (κ2) is 9.53. The lowest BCUT2D eigenvalue weighted by Crippen LogP contribution is -2.35. The fraction of sp³-hybridized carbons (Fsp3) is 0.571. The minimum absolute atomic E-state index is 0.0693. The van der Waals surface area contributed by atoms with E-state index in [0.717, 1.165) is 55.6 Å². The molecule has 0 saturated carbocycles. The molecule has 1 N–H and O–H groups in total. The highest BCUT2D eigenvalue weighted by molar-refractivity contribution is 5.81. The number of nitrogens with one attached hydrogen (secondary N) is 1. The van der Waals surface area contributed by atoms with Crippen molar-refractivity contribution in [3.8, 4) is 0 Å². The summed E-state index contributed by atoms with van der Waals surface area (Å²) >= 11 is 0. The maximum atomic E-state index is 12.9. The molecule has 1 aromatic carbocycles. The summed E-state index contributed by atoms with van der Waals surface area (Å²) in [5, 5.41) is 2.90. The minimum atomic E-state index is 0.0693. The first-order valence-corrected chi connectivity index (χ1v) is 10.2. The number of benzene rings is 1. The number of carbonyl (C=O) groups is 2. The Morgan fingerprint density at radius 2 is 1.85 bits per heavy atom. The largest absolute Gasteiger partial charge is 0.356 e. The highest BCUT2D eigenvalue weighted by Crippen LogP contribution is 2.18. The summed E-state index contributed by atoms with van der Waals surface area (Å²) in [6.45, 7) is 4.56. The minimum Gasteiger partial charge on any atom is -0.356 e. The van der Waals surface area contributed by atoms with Crippen LogP contribution in [0.2, 0.25) is 0 Å². The highest BCUT2D eigenvalue weighted by atomic mass is 16.2. The van der Waals surface area contributed by atoms with Gasteiger partial charge in [0, 0.05) is 32.5 Å². The smallest absolute Gasteiger partial charge is 0.242 e. The summed E-state index contributed by atoms with van der Waals surface area (Å²) < 4.78 is 2.06. The molecule has 0 aliphatic carbocycles. The van der Waals surface area contributed by atoms with Crippen molar-refractivity contribution in [2.75, 3.05) is 19.6 Å². The molecule has 6 heteroatoms. The van der Waals surface area contributed by atoms with E-state index >= 15 is 0 Å². The van der Waals surface area contributed by atoms with Crippen molar-refractivity contribution in [3.05, 3.63) is 30.1 Å². The van der Waals surface area contributed by atoms with Crippen LogP contribution in [-0.4, -0.2) is 45.9 Å². The molecule has 0 radical (unpaired) electrons. The lowest BCUT2D eigenvalue weighted by Gasteiger charge is -2.21. The van der Waals surface area contributed by atoms with E-state index in [1.807, 2.05) is 36.1 Å². The van der Waals surface area contributed by atoms with E-state index in [2.05, 4.69) is 9.88 Å². The number of hydrogen-bond donors (Lipinski definition) is 1. The molecule has 1 aromatic heterocycles. The molecule has 27 heavy (non-hydrogen) atoms. The van der Waals surface area contributed by atoms with Crippen LogP contribution in [0.15, 0.2) is 24.3 Å². The van der Waals surface area contributed by atoms with Gasteiger partial charge in [0.15, 0.2) is 0 Å². The van der Waals surface area contributed by atoms with Crippen molar-refractivity contribution in [2.45, 2.75) is 58.4 Å². The van der Waals surface area contributed by atoms with Crippen molar-refractivity contribution >= 4 is 22.8 Å². The number of nitrogens with zero attached hydrogens (tertiary/aromatic N) is 3. The number of carbonyl (C=O) groups excluding carboxylic acids is 2.